The Bertz CT molecular complexity index is 2780. The summed E-state index contributed by atoms with van der Waals surface area (Å²) in [7, 11) is 0. The van der Waals surface area contributed by atoms with Crippen LogP contribution in [0.15, 0.2) is 192 Å². The molecule has 0 unspecified atom stereocenters. The third-order valence-electron chi connectivity index (χ3n) is 11.1. The quantitative estimate of drug-likeness (QED) is 0.174. The Kier molecular flexibility index (Phi) is 7.19. The number of fused-ring (bicyclic) bond motifs is 6. The molecule has 8 aromatic carbocycles. The summed E-state index contributed by atoms with van der Waals surface area (Å²) in [5.74, 6) is 0. The molecule has 0 aliphatic heterocycles. The van der Waals surface area contributed by atoms with E-state index in [1.807, 2.05) is 12.1 Å². The van der Waals surface area contributed by atoms with Gasteiger partial charge in [-0.05, 0) is 116 Å². The second-order valence-corrected chi connectivity index (χ2v) is 14.6. The number of para-hydroxylation sites is 2. The van der Waals surface area contributed by atoms with Gasteiger partial charge in [-0.25, -0.2) is 0 Å². The van der Waals surface area contributed by atoms with Crippen LogP contribution in [0.2, 0.25) is 0 Å². The van der Waals surface area contributed by atoms with Crippen LogP contribution in [-0.2, 0) is 5.41 Å². The molecule has 0 atom stereocenters. The van der Waals surface area contributed by atoms with Crippen molar-refractivity contribution in [1.82, 2.24) is 0 Å². The molecule has 9 aromatic rings. The molecule has 53 heavy (non-hydrogen) atoms. The Labute approximate surface area is 310 Å². The third-order valence-corrected chi connectivity index (χ3v) is 11.1. The van der Waals surface area contributed by atoms with Gasteiger partial charge in [0.15, 0.2) is 0 Å². The van der Waals surface area contributed by atoms with E-state index in [0.29, 0.717) is 0 Å². The second-order valence-electron chi connectivity index (χ2n) is 14.6. The fourth-order valence-electron chi connectivity index (χ4n) is 8.26. The first-order valence-electron chi connectivity index (χ1n) is 18.3. The van der Waals surface area contributed by atoms with E-state index in [0.717, 1.165) is 39.0 Å². The zero-order valence-corrected chi connectivity index (χ0v) is 29.8. The summed E-state index contributed by atoms with van der Waals surface area (Å²) in [5.41, 5.74) is 17.7. The summed E-state index contributed by atoms with van der Waals surface area (Å²) in [6.07, 6.45) is 0. The van der Waals surface area contributed by atoms with E-state index in [9.17, 15) is 0 Å². The van der Waals surface area contributed by atoms with Crippen molar-refractivity contribution in [2.45, 2.75) is 19.3 Å². The third kappa shape index (κ3) is 5.26. The van der Waals surface area contributed by atoms with E-state index < -0.39 is 0 Å². The minimum absolute atomic E-state index is 0.179. The maximum atomic E-state index is 6.13. The first-order chi connectivity index (χ1) is 26.0. The van der Waals surface area contributed by atoms with E-state index >= 15 is 0 Å². The van der Waals surface area contributed by atoms with Gasteiger partial charge in [0.2, 0.25) is 0 Å². The smallest absolute Gasteiger partial charge is 0.135 e. The van der Waals surface area contributed by atoms with Gasteiger partial charge in [0, 0.05) is 33.2 Å². The van der Waals surface area contributed by atoms with Crippen molar-refractivity contribution in [2.24, 2.45) is 0 Å². The van der Waals surface area contributed by atoms with Crippen molar-refractivity contribution in [3.63, 3.8) is 0 Å². The number of hydrogen-bond acceptors (Lipinski definition) is 2. The number of benzene rings is 8. The van der Waals surface area contributed by atoms with Crippen molar-refractivity contribution in [3.8, 4) is 44.5 Å². The summed E-state index contributed by atoms with van der Waals surface area (Å²) >= 11 is 0. The van der Waals surface area contributed by atoms with Gasteiger partial charge in [0.1, 0.15) is 11.2 Å². The summed E-state index contributed by atoms with van der Waals surface area (Å²) in [6.45, 7) is 4.73. The molecule has 0 N–H and O–H groups in total. The van der Waals surface area contributed by atoms with Gasteiger partial charge in [-0.1, -0.05) is 141 Å². The normalized spacial score (nSPS) is 12.9. The molecular weight excluding hydrogens is 643 g/mol. The Morgan fingerprint density at radius 2 is 0.830 bits per heavy atom. The highest BCUT2D eigenvalue weighted by molar-refractivity contribution is 6.06. The number of rotatable bonds is 6. The molecule has 1 aliphatic rings. The van der Waals surface area contributed by atoms with Crippen molar-refractivity contribution >= 4 is 39.0 Å². The lowest BCUT2D eigenvalue weighted by molar-refractivity contribution is 0.660. The maximum absolute atomic E-state index is 6.13. The standard InChI is InChI=1S/C51H37NO/c1-51(2)47-32-39(38-24-30-50-46(31-38)45-15-9-10-16-49(45)53-50)23-28-43(47)44-29-27-42(33-48(44)51)52(40-13-7-4-8-14-40)41-25-21-37(22-26-41)36-19-17-35(18-20-36)34-11-5-3-6-12-34/h3-33H,1-2H3. The van der Waals surface area contributed by atoms with Crippen molar-refractivity contribution < 1.29 is 4.42 Å². The second kappa shape index (κ2) is 12.3. The highest BCUT2D eigenvalue weighted by Gasteiger charge is 2.36. The van der Waals surface area contributed by atoms with Crippen LogP contribution in [0, 0.1) is 0 Å². The predicted octanol–water partition coefficient (Wildman–Crippen LogP) is 14.4. The van der Waals surface area contributed by atoms with Crippen LogP contribution in [0.4, 0.5) is 17.1 Å². The molecule has 0 amide bonds. The van der Waals surface area contributed by atoms with Crippen LogP contribution in [-0.4, -0.2) is 0 Å². The summed E-state index contributed by atoms with van der Waals surface area (Å²) < 4.78 is 6.13. The Morgan fingerprint density at radius 1 is 0.358 bits per heavy atom. The van der Waals surface area contributed by atoms with Crippen molar-refractivity contribution in [3.05, 3.63) is 199 Å². The molecule has 252 valence electrons. The molecule has 1 heterocycles. The Morgan fingerprint density at radius 3 is 1.55 bits per heavy atom. The Hall–Kier alpha value is -6.64. The molecule has 2 nitrogen and oxygen atoms in total. The van der Waals surface area contributed by atoms with Crippen LogP contribution >= 0.6 is 0 Å². The monoisotopic (exact) mass is 679 g/mol. The van der Waals surface area contributed by atoms with Crippen LogP contribution in [0.3, 0.4) is 0 Å². The van der Waals surface area contributed by atoms with E-state index in [1.165, 1.54) is 55.6 Å². The first kappa shape index (κ1) is 31.1. The van der Waals surface area contributed by atoms with E-state index in [4.69, 9.17) is 4.42 Å². The van der Waals surface area contributed by atoms with Crippen LogP contribution < -0.4 is 4.90 Å². The lowest BCUT2D eigenvalue weighted by atomic mass is 9.81. The minimum atomic E-state index is -0.179. The van der Waals surface area contributed by atoms with Crippen LogP contribution in [0.5, 0.6) is 0 Å². The number of anilines is 3. The van der Waals surface area contributed by atoms with E-state index in [2.05, 4.69) is 195 Å². The van der Waals surface area contributed by atoms with Gasteiger partial charge in [-0.3, -0.25) is 0 Å². The zero-order valence-electron chi connectivity index (χ0n) is 29.8. The fraction of sp³-hybridized carbons (Fsp3) is 0.0588. The zero-order chi connectivity index (χ0) is 35.5. The van der Waals surface area contributed by atoms with Gasteiger partial charge < -0.3 is 9.32 Å². The average Bonchev–Trinajstić information content (AvgIpc) is 3.70. The van der Waals surface area contributed by atoms with Crippen LogP contribution in [0.25, 0.3) is 66.4 Å². The number of furan rings is 1. The van der Waals surface area contributed by atoms with Crippen molar-refractivity contribution in [2.75, 3.05) is 4.90 Å². The largest absolute Gasteiger partial charge is 0.456 e. The molecule has 0 spiro atoms. The Balaban J connectivity index is 0.995. The number of nitrogens with zero attached hydrogens (tertiary/aromatic N) is 1. The molecule has 0 radical (unpaired) electrons. The molecule has 0 saturated carbocycles. The number of hydrogen-bond donors (Lipinski definition) is 0. The topological polar surface area (TPSA) is 16.4 Å². The molecule has 0 bridgehead atoms. The molecule has 1 aromatic heterocycles. The van der Waals surface area contributed by atoms with Gasteiger partial charge in [0.25, 0.3) is 0 Å². The van der Waals surface area contributed by atoms with Crippen LogP contribution in [0.1, 0.15) is 25.0 Å². The maximum Gasteiger partial charge on any atom is 0.135 e. The molecule has 10 rings (SSSR count). The fourth-order valence-corrected chi connectivity index (χ4v) is 8.26. The summed E-state index contributed by atoms with van der Waals surface area (Å²) in [4.78, 5) is 2.37. The molecule has 2 heteroatoms. The SMILES string of the molecule is CC1(C)c2cc(-c3ccc4oc5ccccc5c4c3)ccc2-c2ccc(N(c3ccccc3)c3ccc(-c4ccc(-c5ccccc5)cc4)cc3)cc21. The minimum Gasteiger partial charge on any atom is -0.456 e. The van der Waals surface area contributed by atoms with Crippen molar-refractivity contribution in [1.29, 1.82) is 0 Å². The summed E-state index contributed by atoms with van der Waals surface area (Å²) in [6, 6.07) is 67.9. The first-order valence-corrected chi connectivity index (χ1v) is 18.3. The molecule has 0 fully saturated rings. The predicted molar refractivity (Wildman–Crippen MR) is 222 cm³/mol. The van der Waals surface area contributed by atoms with E-state index in [-0.39, 0.29) is 5.41 Å². The lowest BCUT2D eigenvalue weighted by Gasteiger charge is -2.28. The molecule has 1 aliphatic carbocycles. The average molecular weight is 680 g/mol. The molecular formula is C51H37NO. The van der Waals surface area contributed by atoms with Gasteiger partial charge in [0.05, 0.1) is 0 Å². The highest BCUT2D eigenvalue weighted by Crippen LogP contribution is 2.52. The molecule has 0 saturated heterocycles. The summed E-state index contributed by atoms with van der Waals surface area (Å²) in [5, 5.41) is 2.31. The van der Waals surface area contributed by atoms with E-state index in [1.54, 1.807) is 0 Å². The highest BCUT2D eigenvalue weighted by atomic mass is 16.3. The van der Waals surface area contributed by atoms with Gasteiger partial charge >= 0.3 is 0 Å². The van der Waals surface area contributed by atoms with Gasteiger partial charge in [-0.2, -0.15) is 0 Å². The lowest BCUT2D eigenvalue weighted by Crippen LogP contribution is -2.16. The van der Waals surface area contributed by atoms with Gasteiger partial charge in [-0.15, -0.1) is 0 Å².